The summed E-state index contributed by atoms with van der Waals surface area (Å²) in [6.45, 7) is 3.84. The maximum absolute atomic E-state index is 12.3. The quantitative estimate of drug-likeness (QED) is 0.793. The minimum atomic E-state index is -0.0218. The van der Waals surface area contributed by atoms with Crippen LogP contribution >= 0.6 is 11.8 Å². The second kappa shape index (κ2) is 6.85. The average molecular weight is 279 g/mol. The number of thioether (sulfide) groups is 1. The molecule has 1 aromatic carbocycles. The van der Waals surface area contributed by atoms with Gasteiger partial charge in [-0.25, -0.2) is 0 Å². The van der Waals surface area contributed by atoms with Crippen LogP contribution in [0.2, 0.25) is 0 Å². The molecule has 0 aliphatic carbocycles. The Hall–Kier alpha value is -1.16. The standard InChI is InChI=1S/C15H21NO2S/c1-12(15(17)16-10-4-3-5-11-16)19-14-8-6-13(18-2)7-9-14/h6-9,12H,3-5,10-11H2,1-2H3. The minimum Gasteiger partial charge on any atom is -0.497 e. The van der Waals surface area contributed by atoms with Crippen LogP contribution in [0.3, 0.4) is 0 Å². The Balaban J connectivity index is 1.91. The van der Waals surface area contributed by atoms with Gasteiger partial charge >= 0.3 is 0 Å². The van der Waals surface area contributed by atoms with E-state index in [1.807, 2.05) is 36.1 Å². The number of piperidine rings is 1. The molecule has 0 bridgehead atoms. The van der Waals surface area contributed by atoms with Crippen molar-refractivity contribution in [2.75, 3.05) is 20.2 Å². The highest BCUT2D eigenvalue weighted by Gasteiger charge is 2.22. The minimum absolute atomic E-state index is 0.0218. The fourth-order valence-electron chi connectivity index (χ4n) is 2.28. The van der Waals surface area contributed by atoms with Gasteiger partial charge in [-0.3, -0.25) is 4.79 Å². The van der Waals surface area contributed by atoms with Gasteiger partial charge < -0.3 is 9.64 Å². The fraction of sp³-hybridized carbons (Fsp3) is 0.533. The van der Waals surface area contributed by atoms with Crippen LogP contribution in [0.4, 0.5) is 0 Å². The molecule has 0 aromatic heterocycles. The molecule has 3 nitrogen and oxygen atoms in total. The van der Waals surface area contributed by atoms with Crippen LogP contribution in [0.15, 0.2) is 29.2 Å². The van der Waals surface area contributed by atoms with Gasteiger partial charge in [0.2, 0.25) is 5.91 Å². The van der Waals surface area contributed by atoms with Crippen LogP contribution in [0.25, 0.3) is 0 Å². The first-order valence-corrected chi connectivity index (χ1v) is 7.68. The third-order valence-corrected chi connectivity index (χ3v) is 4.49. The fourth-order valence-corrected chi connectivity index (χ4v) is 3.23. The lowest BCUT2D eigenvalue weighted by molar-refractivity contribution is -0.131. The maximum Gasteiger partial charge on any atom is 0.235 e. The van der Waals surface area contributed by atoms with Gasteiger partial charge in [0.05, 0.1) is 12.4 Å². The van der Waals surface area contributed by atoms with Crippen molar-refractivity contribution in [1.82, 2.24) is 4.90 Å². The zero-order chi connectivity index (χ0) is 13.7. The Morgan fingerprint density at radius 3 is 2.42 bits per heavy atom. The molecule has 1 aromatic rings. The SMILES string of the molecule is COc1ccc(SC(C)C(=O)N2CCCCC2)cc1. The molecule has 19 heavy (non-hydrogen) atoms. The van der Waals surface area contributed by atoms with Crippen molar-refractivity contribution in [3.8, 4) is 5.75 Å². The summed E-state index contributed by atoms with van der Waals surface area (Å²) in [5.41, 5.74) is 0. The molecule has 0 N–H and O–H groups in total. The van der Waals surface area contributed by atoms with Gasteiger partial charge in [0.25, 0.3) is 0 Å². The molecule has 2 rings (SSSR count). The molecule has 1 heterocycles. The van der Waals surface area contributed by atoms with E-state index in [1.54, 1.807) is 18.9 Å². The number of nitrogens with zero attached hydrogens (tertiary/aromatic N) is 1. The van der Waals surface area contributed by atoms with Gasteiger partial charge in [0.15, 0.2) is 0 Å². The van der Waals surface area contributed by atoms with E-state index < -0.39 is 0 Å². The largest absolute Gasteiger partial charge is 0.497 e. The number of hydrogen-bond acceptors (Lipinski definition) is 3. The Morgan fingerprint density at radius 2 is 1.84 bits per heavy atom. The molecule has 1 atom stereocenters. The third kappa shape index (κ3) is 3.90. The number of carbonyl (C=O) groups is 1. The number of likely N-dealkylation sites (tertiary alicyclic amines) is 1. The summed E-state index contributed by atoms with van der Waals surface area (Å²) in [4.78, 5) is 15.4. The molecule has 1 aliphatic rings. The van der Waals surface area contributed by atoms with Crippen LogP contribution < -0.4 is 4.74 Å². The van der Waals surface area contributed by atoms with Crippen molar-refractivity contribution in [2.24, 2.45) is 0 Å². The van der Waals surface area contributed by atoms with Crippen LogP contribution in [0.5, 0.6) is 5.75 Å². The van der Waals surface area contributed by atoms with E-state index in [0.717, 1.165) is 36.6 Å². The zero-order valence-corrected chi connectivity index (χ0v) is 12.4. The maximum atomic E-state index is 12.3. The molecular weight excluding hydrogens is 258 g/mol. The molecule has 1 amide bonds. The Morgan fingerprint density at radius 1 is 1.21 bits per heavy atom. The Labute approximate surface area is 119 Å². The van der Waals surface area contributed by atoms with E-state index in [1.165, 1.54) is 6.42 Å². The van der Waals surface area contributed by atoms with Crippen molar-refractivity contribution >= 4 is 17.7 Å². The Bertz CT molecular complexity index is 413. The number of ether oxygens (including phenoxy) is 1. The van der Waals surface area contributed by atoms with Crippen molar-refractivity contribution in [2.45, 2.75) is 36.3 Å². The van der Waals surface area contributed by atoms with E-state index in [-0.39, 0.29) is 11.2 Å². The molecule has 0 spiro atoms. The van der Waals surface area contributed by atoms with E-state index in [0.29, 0.717) is 0 Å². The van der Waals surface area contributed by atoms with E-state index >= 15 is 0 Å². The smallest absolute Gasteiger partial charge is 0.235 e. The van der Waals surface area contributed by atoms with Crippen molar-refractivity contribution in [3.63, 3.8) is 0 Å². The lowest BCUT2D eigenvalue weighted by Gasteiger charge is -2.29. The first kappa shape index (κ1) is 14.3. The van der Waals surface area contributed by atoms with Gasteiger partial charge in [0.1, 0.15) is 5.75 Å². The second-order valence-electron chi connectivity index (χ2n) is 4.82. The van der Waals surface area contributed by atoms with E-state index in [2.05, 4.69) is 0 Å². The molecule has 1 unspecified atom stereocenters. The van der Waals surface area contributed by atoms with Gasteiger partial charge in [-0.1, -0.05) is 0 Å². The van der Waals surface area contributed by atoms with Crippen molar-refractivity contribution < 1.29 is 9.53 Å². The normalized spacial score (nSPS) is 17.1. The number of carbonyl (C=O) groups excluding carboxylic acids is 1. The lowest BCUT2D eigenvalue weighted by atomic mass is 10.1. The number of benzene rings is 1. The predicted molar refractivity (Wildman–Crippen MR) is 78.7 cm³/mol. The molecular formula is C15H21NO2S. The topological polar surface area (TPSA) is 29.5 Å². The summed E-state index contributed by atoms with van der Waals surface area (Å²) in [7, 11) is 1.66. The molecule has 0 saturated carbocycles. The molecule has 0 radical (unpaired) electrons. The Kier molecular flexibility index (Phi) is 5.14. The van der Waals surface area contributed by atoms with Crippen molar-refractivity contribution in [3.05, 3.63) is 24.3 Å². The van der Waals surface area contributed by atoms with Gasteiger partial charge in [0, 0.05) is 18.0 Å². The molecule has 1 aliphatic heterocycles. The summed E-state index contributed by atoms with van der Waals surface area (Å²) >= 11 is 1.62. The highest BCUT2D eigenvalue weighted by molar-refractivity contribution is 8.00. The van der Waals surface area contributed by atoms with E-state index in [9.17, 15) is 4.79 Å². The first-order valence-electron chi connectivity index (χ1n) is 6.80. The van der Waals surface area contributed by atoms with Crippen molar-refractivity contribution in [1.29, 1.82) is 0 Å². The van der Waals surface area contributed by atoms with Crippen LogP contribution in [-0.4, -0.2) is 36.3 Å². The van der Waals surface area contributed by atoms with E-state index in [4.69, 9.17) is 4.74 Å². The number of hydrogen-bond donors (Lipinski definition) is 0. The van der Waals surface area contributed by atoms with Gasteiger partial charge in [-0.2, -0.15) is 0 Å². The summed E-state index contributed by atoms with van der Waals surface area (Å²) in [6.07, 6.45) is 3.54. The van der Waals surface area contributed by atoms with Crippen LogP contribution in [0, 0.1) is 0 Å². The van der Waals surface area contributed by atoms with Crippen LogP contribution in [0.1, 0.15) is 26.2 Å². The highest BCUT2D eigenvalue weighted by atomic mass is 32.2. The summed E-state index contributed by atoms with van der Waals surface area (Å²) in [5, 5.41) is -0.0218. The number of methoxy groups -OCH3 is 1. The molecule has 1 saturated heterocycles. The summed E-state index contributed by atoms with van der Waals surface area (Å²) in [6, 6.07) is 7.87. The third-order valence-electron chi connectivity index (χ3n) is 3.39. The highest BCUT2D eigenvalue weighted by Crippen LogP contribution is 2.27. The monoisotopic (exact) mass is 279 g/mol. The molecule has 104 valence electrons. The molecule has 1 fully saturated rings. The first-order chi connectivity index (χ1) is 9.20. The number of rotatable bonds is 4. The predicted octanol–water partition coefficient (Wildman–Crippen LogP) is 3.19. The molecule has 4 heteroatoms. The van der Waals surface area contributed by atoms with Gasteiger partial charge in [-0.05, 0) is 50.5 Å². The summed E-state index contributed by atoms with van der Waals surface area (Å²) < 4.78 is 5.13. The lowest BCUT2D eigenvalue weighted by Crippen LogP contribution is -2.40. The second-order valence-corrected chi connectivity index (χ2v) is 6.24. The summed E-state index contributed by atoms with van der Waals surface area (Å²) in [5.74, 6) is 1.11. The number of amides is 1. The van der Waals surface area contributed by atoms with Gasteiger partial charge in [-0.15, -0.1) is 11.8 Å². The van der Waals surface area contributed by atoms with Crippen LogP contribution in [-0.2, 0) is 4.79 Å². The average Bonchev–Trinajstić information content (AvgIpc) is 2.48. The zero-order valence-electron chi connectivity index (χ0n) is 11.6.